The van der Waals surface area contributed by atoms with Gasteiger partial charge in [0.05, 0.1) is 0 Å². The number of hydrogen-bond acceptors (Lipinski definition) is 3. The SMILES string of the molecule is CCNC(=NCC(CC)(CC)CCO)NCCCCSC. The highest BCUT2D eigenvalue weighted by molar-refractivity contribution is 7.98. The molecule has 0 spiro atoms. The quantitative estimate of drug-likeness (QED) is 0.294. The van der Waals surface area contributed by atoms with Gasteiger partial charge in [-0.15, -0.1) is 0 Å². The van der Waals surface area contributed by atoms with Crippen molar-refractivity contribution >= 4 is 17.7 Å². The van der Waals surface area contributed by atoms with Crippen molar-refractivity contribution in [1.29, 1.82) is 0 Å². The van der Waals surface area contributed by atoms with Crippen LogP contribution in [0.3, 0.4) is 0 Å². The summed E-state index contributed by atoms with van der Waals surface area (Å²) in [5.74, 6) is 2.13. The standard InChI is InChI=1S/C16H35N3OS/c1-5-16(6-2,10-12-20)14-19-15(17-7-3)18-11-8-9-13-21-4/h20H,5-14H2,1-4H3,(H2,17,18,19). The molecule has 0 aliphatic carbocycles. The maximum absolute atomic E-state index is 9.27. The number of nitrogens with one attached hydrogen (secondary N) is 2. The number of unbranched alkanes of at least 4 members (excludes halogenated alkanes) is 1. The van der Waals surface area contributed by atoms with Crippen LogP contribution in [0.1, 0.15) is 52.9 Å². The average molecular weight is 318 g/mol. The van der Waals surface area contributed by atoms with Gasteiger partial charge in [-0.3, -0.25) is 4.99 Å². The van der Waals surface area contributed by atoms with Crippen LogP contribution in [0, 0.1) is 5.41 Å². The fourth-order valence-corrected chi connectivity index (χ4v) is 2.80. The van der Waals surface area contributed by atoms with Crippen LogP contribution in [-0.4, -0.2) is 49.3 Å². The number of nitrogens with zero attached hydrogens (tertiary/aromatic N) is 1. The maximum atomic E-state index is 9.27. The molecule has 0 fully saturated rings. The van der Waals surface area contributed by atoms with Crippen molar-refractivity contribution in [2.45, 2.75) is 52.9 Å². The molecule has 0 aromatic carbocycles. The summed E-state index contributed by atoms with van der Waals surface area (Å²) in [6, 6.07) is 0. The van der Waals surface area contributed by atoms with E-state index >= 15 is 0 Å². The minimum absolute atomic E-state index is 0.135. The van der Waals surface area contributed by atoms with E-state index in [-0.39, 0.29) is 12.0 Å². The van der Waals surface area contributed by atoms with E-state index in [0.29, 0.717) is 0 Å². The first-order chi connectivity index (χ1) is 10.2. The Labute approximate surface area is 135 Å². The Hall–Kier alpha value is -0.420. The van der Waals surface area contributed by atoms with Crippen molar-refractivity contribution in [2.75, 3.05) is 38.2 Å². The van der Waals surface area contributed by atoms with Gasteiger partial charge in [0.1, 0.15) is 0 Å². The van der Waals surface area contributed by atoms with Crippen molar-refractivity contribution in [3.63, 3.8) is 0 Å². The monoisotopic (exact) mass is 317 g/mol. The van der Waals surface area contributed by atoms with Crippen LogP contribution in [0.15, 0.2) is 4.99 Å². The topological polar surface area (TPSA) is 56.7 Å². The molecule has 0 aromatic heterocycles. The summed E-state index contributed by atoms with van der Waals surface area (Å²) in [6.45, 7) is 9.34. The van der Waals surface area contributed by atoms with E-state index < -0.39 is 0 Å². The second-order valence-corrected chi connectivity index (χ2v) is 6.49. The molecule has 0 amide bonds. The molecular weight excluding hydrogens is 282 g/mol. The van der Waals surface area contributed by atoms with E-state index in [0.717, 1.165) is 44.9 Å². The average Bonchev–Trinajstić information content (AvgIpc) is 2.51. The van der Waals surface area contributed by atoms with Gasteiger partial charge in [-0.05, 0) is 56.5 Å². The second kappa shape index (κ2) is 13.3. The summed E-state index contributed by atoms with van der Waals surface area (Å²) in [7, 11) is 0. The van der Waals surface area contributed by atoms with Crippen LogP contribution >= 0.6 is 11.8 Å². The van der Waals surface area contributed by atoms with E-state index in [1.54, 1.807) is 0 Å². The number of aliphatic hydroxyl groups excluding tert-OH is 1. The van der Waals surface area contributed by atoms with E-state index in [2.05, 4.69) is 37.7 Å². The molecule has 3 N–H and O–H groups in total. The van der Waals surface area contributed by atoms with Crippen molar-refractivity contribution in [1.82, 2.24) is 10.6 Å². The minimum Gasteiger partial charge on any atom is -0.396 e. The van der Waals surface area contributed by atoms with E-state index in [9.17, 15) is 5.11 Å². The molecule has 0 atom stereocenters. The highest BCUT2D eigenvalue weighted by atomic mass is 32.2. The van der Waals surface area contributed by atoms with Gasteiger partial charge in [0.2, 0.25) is 0 Å². The molecule has 5 heteroatoms. The number of rotatable bonds is 12. The zero-order valence-electron chi connectivity index (χ0n) is 14.4. The fraction of sp³-hybridized carbons (Fsp3) is 0.938. The number of hydrogen-bond donors (Lipinski definition) is 3. The summed E-state index contributed by atoms with van der Waals surface area (Å²) in [5, 5.41) is 16.0. The van der Waals surface area contributed by atoms with Gasteiger partial charge in [0.25, 0.3) is 0 Å². The second-order valence-electron chi connectivity index (χ2n) is 5.50. The first-order valence-electron chi connectivity index (χ1n) is 8.30. The van der Waals surface area contributed by atoms with Gasteiger partial charge in [0.15, 0.2) is 5.96 Å². The molecule has 0 saturated heterocycles. The molecule has 0 saturated carbocycles. The highest BCUT2D eigenvalue weighted by Crippen LogP contribution is 2.30. The number of aliphatic imine (C=N–C) groups is 1. The highest BCUT2D eigenvalue weighted by Gasteiger charge is 2.25. The zero-order chi connectivity index (χ0) is 16.0. The lowest BCUT2D eigenvalue weighted by atomic mass is 9.79. The Morgan fingerprint density at radius 2 is 1.86 bits per heavy atom. The molecule has 0 radical (unpaired) electrons. The van der Waals surface area contributed by atoms with Crippen molar-refractivity contribution in [3.8, 4) is 0 Å². The van der Waals surface area contributed by atoms with Crippen LogP contribution in [0.25, 0.3) is 0 Å². The van der Waals surface area contributed by atoms with Crippen LogP contribution in [0.4, 0.5) is 0 Å². The van der Waals surface area contributed by atoms with Crippen LogP contribution < -0.4 is 10.6 Å². The number of thioether (sulfide) groups is 1. The largest absolute Gasteiger partial charge is 0.396 e. The summed E-state index contributed by atoms with van der Waals surface area (Å²) in [4.78, 5) is 4.74. The van der Waals surface area contributed by atoms with Crippen LogP contribution in [0.5, 0.6) is 0 Å². The normalized spacial score (nSPS) is 12.5. The molecule has 0 bridgehead atoms. The van der Waals surface area contributed by atoms with Gasteiger partial charge >= 0.3 is 0 Å². The molecule has 21 heavy (non-hydrogen) atoms. The van der Waals surface area contributed by atoms with E-state index in [1.807, 2.05) is 11.8 Å². The van der Waals surface area contributed by atoms with Gasteiger partial charge in [-0.1, -0.05) is 13.8 Å². The van der Waals surface area contributed by atoms with Crippen molar-refractivity contribution in [2.24, 2.45) is 10.4 Å². The molecule has 0 aliphatic rings. The van der Waals surface area contributed by atoms with Gasteiger partial charge in [-0.2, -0.15) is 11.8 Å². The minimum atomic E-state index is 0.135. The number of guanidine groups is 1. The van der Waals surface area contributed by atoms with Gasteiger partial charge < -0.3 is 15.7 Å². The third-order valence-corrected chi connectivity index (χ3v) is 4.82. The Morgan fingerprint density at radius 1 is 1.14 bits per heavy atom. The summed E-state index contributed by atoms with van der Waals surface area (Å²) < 4.78 is 0. The van der Waals surface area contributed by atoms with Gasteiger partial charge in [-0.25, -0.2) is 0 Å². The number of aliphatic hydroxyl groups is 1. The third-order valence-electron chi connectivity index (χ3n) is 4.13. The lowest BCUT2D eigenvalue weighted by molar-refractivity contribution is 0.175. The lowest BCUT2D eigenvalue weighted by Gasteiger charge is -2.29. The Bertz CT molecular complexity index is 268. The Balaban J connectivity index is 4.40. The smallest absolute Gasteiger partial charge is 0.191 e. The van der Waals surface area contributed by atoms with Crippen molar-refractivity contribution < 1.29 is 5.11 Å². The third kappa shape index (κ3) is 9.25. The first-order valence-corrected chi connectivity index (χ1v) is 9.69. The molecule has 126 valence electrons. The van der Waals surface area contributed by atoms with E-state index in [4.69, 9.17) is 4.99 Å². The maximum Gasteiger partial charge on any atom is 0.191 e. The van der Waals surface area contributed by atoms with E-state index in [1.165, 1.54) is 18.6 Å². The predicted octanol–water partition coefficient (Wildman–Crippen LogP) is 2.87. The Morgan fingerprint density at radius 3 is 2.38 bits per heavy atom. The summed E-state index contributed by atoms with van der Waals surface area (Å²) in [6.07, 6.45) is 7.51. The fourth-order valence-electron chi connectivity index (χ4n) is 2.31. The Kier molecular flexibility index (Phi) is 13.0. The first kappa shape index (κ1) is 20.6. The van der Waals surface area contributed by atoms with Gasteiger partial charge in [0, 0.05) is 26.2 Å². The summed E-state index contributed by atoms with van der Waals surface area (Å²) in [5.41, 5.74) is 0.135. The molecule has 0 aromatic rings. The predicted molar refractivity (Wildman–Crippen MR) is 96.3 cm³/mol. The lowest BCUT2D eigenvalue weighted by Crippen LogP contribution is -2.39. The zero-order valence-corrected chi connectivity index (χ0v) is 15.2. The molecule has 0 heterocycles. The van der Waals surface area contributed by atoms with Crippen LogP contribution in [0.2, 0.25) is 0 Å². The van der Waals surface area contributed by atoms with Crippen LogP contribution in [-0.2, 0) is 0 Å². The summed E-state index contributed by atoms with van der Waals surface area (Å²) >= 11 is 1.90. The molecule has 0 aliphatic heterocycles. The molecule has 0 unspecified atom stereocenters. The molecular formula is C16H35N3OS. The molecule has 0 rings (SSSR count). The van der Waals surface area contributed by atoms with Crippen molar-refractivity contribution in [3.05, 3.63) is 0 Å². The molecule has 4 nitrogen and oxygen atoms in total.